The highest BCUT2D eigenvalue weighted by Crippen LogP contribution is 2.46. The molecule has 1 aliphatic carbocycles. The molecular weight excluding hydrogens is 286 g/mol. The molecule has 0 unspecified atom stereocenters. The summed E-state index contributed by atoms with van der Waals surface area (Å²) in [5.41, 5.74) is 3.41. The molecule has 0 amide bonds. The molecule has 3 rings (SSSR count). The van der Waals surface area contributed by atoms with Gasteiger partial charge in [-0.25, -0.2) is 0 Å². The zero-order valence-corrected chi connectivity index (χ0v) is 13.5. The molecule has 0 bridgehead atoms. The van der Waals surface area contributed by atoms with Gasteiger partial charge >= 0.3 is 5.97 Å². The van der Waals surface area contributed by atoms with Crippen molar-refractivity contribution in [2.45, 2.75) is 26.3 Å². The van der Waals surface area contributed by atoms with Crippen LogP contribution in [0, 0.1) is 5.41 Å². The van der Waals surface area contributed by atoms with Crippen molar-refractivity contribution in [2.24, 2.45) is 5.41 Å². The van der Waals surface area contributed by atoms with Crippen LogP contribution in [0.15, 0.2) is 54.6 Å². The molecular formula is C20H23NO2. The molecule has 3 nitrogen and oxygen atoms in total. The lowest BCUT2D eigenvalue weighted by atomic mass is 10.0. The van der Waals surface area contributed by atoms with Crippen molar-refractivity contribution in [3.8, 4) is 11.1 Å². The molecule has 1 aliphatic rings. The van der Waals surface area contributed by atoms with E-state index in [0.717, 1.165) is 19.4 Å². The largest absolute Gasteiger partial charge is 0.466 e. The molecule has 0 radical (unpaired) electrons. The van der Waals surface area contributed by atoms with E-state index in [2.05, 4.69) is 53.8 Å². The van der Waals surface area contributed by atoms with Crippen LogP contribution in [0.1, 0.15) is 25.3 Å². The number of nitrogens with one attached hydrogen (secondary N) is 1. The van der Waals surface area contributed by atoms with E-state index in [0.29, 0.717) is 13.2 Å². The van der Waals surface area contributed by atoms with Gasteiger partial charge in [0.15, 0.2) is 0 Å². The Morgan fingerprint density at radius 2 is 1.70 bits per heavy atom. The first kappa shape index (κ1) is 15.8. The highest BCUT2D eigenvalue weighted by molar-refractivity contribution is 5.80. The van der Waals surface area contributed by atoms with Crippen molar-refractivity contribution in [1.82, 2.24) is 5.32 Å². The lowest BCUT2D eigenvalue weighted by Crippen LogP contribution is -2.31. The Morgan fingerprint density at radius 3 is 2.30 bits per heavy atom. The van der Waals surface area contributed by atoms with Crippen molar-refractivity contribution < 1.29 is 9.53 Å². The van der Waals surface area contributed by atoms with Crippen LogP contribution >= 0.6 is 0 Å². The maximum atomic E-state index is 11.9. The third-order valence-electron chi connectivity index (χ3n) is 4.42. The zero-order valence-electron chi connectivity index (χ0n) is 13.5. The minimum Gasteiger partial charge on any atom is -0.466 e. The lowest BCUT2D eigenvalue weighted by molar-refractivity contribution is -0.149. The monoisotopic (exact) mass is 309 g/mol. The summed E-state index contributed by atoms with van der Waals surface area (Å²) in [7, 11) is 0. The van der Waals surface area contributed by atoms with Crippen molar-refractivity contribution in [3.63, 3.8) is 0 Å². The number of rotatable bonds is 7. The van der Waals surface area contributed by atoms with Gasteiger partial charge in [-0.3, -0.25) is 4.79 Å². The summed E-state index contributed by atoms with van der Waals surface area (Å²) in [6.45, 7) is 3.79. The van der Waals surface area contributed by atoms with Crippen LogP contribution in [0.3, 0.4) is 0 Å². The van der Waals surface area contributed by atoms with Crippen LogP contribution < -0.4 is 5.32 Å². The van der Waals surface area contributed by atoms with Gasteiger partial charge in [-0.2, -0.15) is 0 Å². The molecule has 0 atom stereocenters. The predicted molar refractivity (Wildman–Crippen MR) is 91.9 cm³/mol. The molecule has 2 aromatic rings. The van der Waals surface area contributed by atoms with Crippen LogP contribution in [0.5, 0.6) is 0 Å². The van der Waals surface area contributed by atoms with E-state index >= 15 is 0 Å². The minimum absolute atomic E-state index is 0.0491. The Bertz CT molecular complexity index is 645. The van der Waals surface area contributed by atoms with Crippen molar-refractivity contribution in [2.75, 3.05) is 13.2 Å². The van der Waals surface area contributed by atoms with E-state index in [-0.39, 0.29) is 11.4 Å². The molecule has 0 aliphatic heterocycles. The Morgan fingerprint density at radius 1 is 1.04 bits per heavy atom. The van der Waals surface area contributed by atoms with E-state index in [1.807, 2.05) is 13.0 Å². The van der Waals surface area contributed by atoms with Gasteiger partial charge in [0.2, 0.25) is 0 Å². The van der Waals surface area contributed by atoms with Crippen LogP contribution in [0.4, 0.5) is 0 Å². The summed E-state index contributed by atoms with van der Waals surface area (Å²) in [6.07, 6.45) is 1.87. The molecule has 0 aromatic heterocycles. The number of carbonyl (C=O) groups excluding carboxylic acids is 1. The van der Waals surface area contributed by atoms with Gasteiger partial charge in [-0.1, -0.05) is 54.6 Å². The smallest absolute Gasteiger partial charge is 0.313 e. The first-order valence-corrected chi connectivity index (χ1v) is 8.26. The number of benzene rings is 2. The summed E-state index contributed by atoms with van der Waals surface area (Å²) < 4.78 is 5.16. The third kappa shape index (κ3) is 3.80. The first-order chi connectivity index (χ1) is 11.2. The molecule has 23 heavy (non-hydrogen) atoms. The highest BCUT2D eigenvalue weighted by Gasteiger charge is 2.50. The van der Waals surface area contributed by atoms with Crippen molar-refractivity contribution in [1.29, 1.82) is 0 Å². The van der Waals surface area contributed by atoms with Gasteiger partial charge in [0.1, 0.15) is 0 Å². The fraction of sp³-hybridized carbons (Fsp3) is 0.350. The van der Waals surface area contributed by atoms with Gasteiger partial charge in [-0.05, 0) is 36.5 Å². The van der Waals surface area contributed by atoms with Gasteiger partial charge < -0.3 is 10.1 Å². The molecule has 0 spiro atoms. The van der Waals surface area contributed by atoms with Crippen molar-refractivity contribution in [3.05, 3.63) is 60.2 Å². The average molecular weight is 309 g/mol. The molecule has 1 fully saturated rings. The molecule has 1 N–H and O–H groups in total. The third-order valence-corrected chi connectivity index (χ3v) is 4.42. The summed E-state index contributed by atoms with van der Waals surface area (Å²) in [4.78, 5) is 11.9. The number of hydrogen-bond donors (Lipinski definition) is 1. The van der Waals surface area contributed by atoms with Gasteiger partial charge in [0.05, 0.1) is 12.0 Å². The lowest BCUT2D eigenvalue weighted by Gasteiger charge is -2.14. The van der Waals surface area contributed by atoms with E-state index in [4.69, 9.17) is 4.74 Å². The SMILES string of the molecule is CCOC(=O)C1(CNCc2ccc(-c3ccccc3)cc2)CC1. The van der Waals surface area contributed by atoms with Crippen LogP contribution in [0.25, 0.3) is 11.1 Å². The second kappa shape index (κ2) is 6.97. The van der Waals surface area contributed by atoms with Crippen LogP contribution in [-0.4, -0.2) is 19.1 Å². The summed E-state index contributed by atoms with van der Waals surface area (Å²) in [6, 6.07) is 18.9. The summed E-state index contributed by atoms with van der Waals surface area (Å²) in [5.74, 6) is -0.0491. The molecule has 0 heterocycles. The number of hydrogen-bond acceptors (Lipinski definition) is 3. The minimum atomic E-state index is -0.264. The number of esters is 1. The fourth-order valence-corrected chi connectivity index (χ4v) is 2.78. The van der Waals surface area contributed by atoms with E-state index in [1.54, 1.807) is 0 Å². The van der Waals surface area contributed by atoms with Gasteiger partial charge in [0, 0.05) is 13.1 Å². The Kier molecular flexibility index (Phi) is 4.77. The Hall–Kier alpha value is -2.13. The topological polar surface area (TPSA) is 38.3 Å². The first-order valence-electron chi connectivity index (χ1n) is 8.26. The maximum Gasteiger partial charge on any atom is 0.313 e. The summed E-state index contributed by atoms with van der Waals surface area (Å²) in [5, 5.41) is 3.40. The number of carbonyl (C=O) groups is 1. The predicted octanol–water partition coefficient (Wildman–Crippen LogP) is 3.79. The zero-order chi connectivity index (χ0) is 16.1. The maximum absolute atomic E-state index is 11.9. The molecule has 120 valence electrons. The molecule has 1 saturated carbocycles. The quantitative estimate of drug-likeness (QED) is 0.791. The van der Waals surface area contributed by atoms with Crippen molar-refractivity contribution >= 4 is 5.97 Å². The van der Waals surface area contributed by atoms with Gasteiger partial charge in [-0.15, -0.1) is 0 Å². The normalized spacial score (nSPS) is 15.2. The highest BCUT2D eigenvalue weighted by atomic mass is 16.5. The van der Waals surface area contributed by atoms with E-state index < -0.39 is 0 Å². The van der Waals surface area contributed by atoms with Gasteiger partial charge in [0.25, 0.3) is 0 Å². The molecule has 2 aromatic carbocycles. The summed E-state index contributed by atoms with van der Waals surface area (Å²) >= 11 is 0. The Labute approximate surface area is 137 Å². The Balaban J connectivity index is 1.53. The second-order valence-corrected chi connectivity index (χ2v) is 6.17. The fourth-order valence-electron chi connectivity index (χ4n) is 2.78. The van der Waals surface area contributed by atoms with Crippen LogP contribution in [-0.2, 0) is 16.1 Å². The number of ether oxygens (including phenoxy) is 1. The molecule has 0 saturated heterocycles. The second-order valence-electron chi connectivity index (χ2n) is 6.17. The molecule has 3 heteroatoms. The van der Waals surface area contributed by atoms with Crippen LogP contribution in [0.2, 0.25) is 0 Å². The van der Waals surface area contributed by atoms with E-state index in [1.165, 1.54) is 16.7 Å². The average Bonchev–Trinajstić information content (AvgIpc) is 3.38. The van der Waals surface area contributed by atoms with E-state index in [9.17, 15) is 4.79 Å². The standard InChI is InChI=1S/C20H23NO2/c1-2-23-19(22)20(12-13-20)15-21-14-16-8-10-18(11-9-16)17-6-4-3-5-7-17/h3-11,21H,2,12-15H2,1H3.